The molecular weight excluding hydrogens is 266 g/mol. The first kappa shape index (κ1) is 12.1. The van der Waals surface area contributed by atoms with Crippen LogP contribution in [0, 0.1) is 5.92 Å². The molecule has 1 fully saturated rings. The second-order valence-corrected chi connectivity index (χ2v) is 5.39. The predicted molar refractivity (Wildman–Crippen MR) is 69.4 cm³/mol. The lowest BCUT2D eigenvalue weighted by atomic mass is 10.1. The molecule has 1 saturated heterocycles. The van der Waals surface area contributed by atoms with E-state index in [1.54, 1.807) is 7.11 Å². The summed E-state index contributed by atoms with van der Waals surface area (Å²) in [6.07, 6.45) is 1.27. The Bertz CT molecular complexity index is 325. The molecule has 1 heterocycles. The highest BCUT2D eigenvalue weighted by Gasteiger charge is 2.21. The van der Waals surface area contributed by atoms with Crippen LogP contribution in [-0.2, 0) is 11.3 Å². The third-order valence-electron chi connectivity index (χ3n) is 3.09. The highest BCUT2D eigenvalue weighted by Crippen LogP contribution is 2.19. The average molecular weight is 284 g/mol. The standard InChI is InChI=1S/C13H18BrNO/c1-16-10-12-6-7-15(9-12)8-11-2-4-13(14)5-3-11/h2-5,12H,6-10H2,1H3. The first-order chi connectivity index (χ1) is 7.78. The lowest BCUT2D eigenvalue weighted by molar-refractivity contribution is 0.152. The van der Waals surface area contributed by atoms with Gasteiger partial charge in [-0.25, -0.2) is 0 Å². The zero-order valence-electron chi connectivity index (χ0n) is 9.66. The molecule has 1 atom stereocenters. The number of hydrogen-bond acceptors (Lipinski definition) is 2. The van der Waals surface area contributed by atoms with Gasteiger partial charge < -0.3 is 4.74 Å². The Hall–Kier alpha value is -0.380. The molecule has 0 spiro atoms. The molecule has 1 aromatic rings. The number of halogens is 1. The summed E-state index contributed by atoms with van der Waals surface area (Å²) in [6, 6.07) is 8.59. The molecule has 1 aliphatic heterocycles. The van der Waals surface area contributed by atoms with Gasteiger partial charge in [0.1, 0.15) is 0 Å². The van der Waals surface area contributed by atoms with Crippen molar-refractivity contribution in [3.05, 3.63) is 34.3 Å². The normalized spacial score (nSPS) is 21.5. The Morgan fingerprint density at radius 1 is 1.38 bits per heavy atom. The van der Waals surface area contributed by atoms with Crippen LogP contribution in [0.1, 0.15) is 12.0 Å². The molecule has 0 N–H and O–H groups in total. The molecule has 0 radical (unpaired) electrons. The lowest BCUT2D eigenvalue weighted by Crippen LogP contribution is -2.21. The maximum Gasteiger partial charge on any atom is 0.0503 e. The van der Waals surface area contributed by atoms with E-state index in [0.717, 1.165) is 23.5 Å². The summed E-state index contributed by atoms with van der Waals surface area (Å²) >= 11 is 3.46. The van der Waals surface area contributed by atoms with Crippen molar-refractivity contribution in [1.29, 1.82) is 0 Å². The number of ether oxygens (including phenoxy) is 1. The zero-order chi connectivity index (χ0) is 11.4. The van der Waals surface area contributed by atoms with Gasteiger partial charge >= 0.3 is 0 Å². The van der Waals surface area contributed by atoms with Crippen molar-refractivity contribution < 1.29 is 4.74 Å². The van der Waals surface area contributed by atoms with Crippen molar-refractivity contribution in [2.75, 3.05) is 26.8 Å². The minimum absolute atomic E-state index is 0.723. The van der Waals surface area contributed by atoms with Crippen molar-refractivity contribution in [3.63, 3.8) is 0 Å². The van der Waals surface area contributed by atoms with Crippen LogP contribution in [0.3, 0.4) is 0 Å². The number of nitrogens with zero attached hydrogens (tertiary/aromatic N) is 1. The second-order valence-electron chi connectivity index (χ2n) is 4.47. The molecule has 1 unspecified atom stereocenters. The molecule has 0 bridgehead atoms. The van der Waals surface area contributed by atoms with Gasteiger partial charge in [0.25, 0.3) is 0 Å². The molecule has 0 amide bonds. The van der Waals surface area contributed by atoms with Gasteiger partial charge in [-0.2, -0.15) is 0 Å². The maximum absolute atomic E-state index is 5.21. The van der Waals surface area contributed by atoms with E-state index in [4.69, 9.17) is 4.74 Å². The lowest BCUT2D eigenvalue weighted by Gasteiger charge is -2.15. The van der Waals surface area contributed by atoms with Gasteiger partial charge in [0.05, 0.1) is 6.61 Å². The van der Waals surface area contributed by atoms with E-state index in [2.05, 4.69) is 45.1 Å². The topological polar surface area (TPSA) is 12.5 Å². The molecule has 88 valence electrons. The van der Waals surface area contributed by atoms with Gasteiger partial charge in [0, 0.05) is 24.7 Å². The summed E-state index contributed by atoms with van der Waals surface area (Å²) in [5, 5.41) is 0. The van der Waals surface area contributed by atoms with E-state index in [1.807, 2.05) is 0 Å². The molecule has 1 aromatic carbocycles. The Balaban J connectivity index is 1.84. The van der Waals surface area contributed by atoms with Crippen molar-refractivity contribution in [1.82, 2.24) is 4.90 Å². The summed E-state index contributed by atoms with van der Waals surface area (Å²) in [6.45, 7) is 4.33. The van der Waals surface area contributed by atoms with Crippen LogP contribution < -0.4 is 0 Å². The van der Waals surface area contributed by atoms with Gasteiger partial charge in [-0.15, -0.1) is 0 Å². The second kappa shape index (κ2) is 5.80. The zero-order valence-corrected chi connectivity index (χ0v) is 11.2. The summed E-state index contributed by atoms with van der Waals surface area (Å²) in [4.78, 5) is 2.51. The highest BCUT2D eigenvalue weighted by atomic mass is 79.9. The quantitative estimate of drug-likeness (QED) is 0.843. The van der Waals surface area contributed by atoms with Gasteiger partial charge in [0.15, 0.2) is 0 Å². The summed E-state index contributed by atoms with van der Waals surface area (Å²) < 4.78 is 6.36. The van der Waals surface area contributed by atoms with Crippen LogP contribution in [0.25, 0.3) is 0 Å². The number of methoxy groups -OCH3 is 1. The van der Waals surface area contributed by atoms with E-state index < -0.39 is 0 Å². The van der Waals surface area contributed by atoms with E-state index in [1.165, 1.54) is 25.1 Å². The Labute approximate surface area is 106 Å². The van der Waals surface area contributed by atoms with Crippen LogP contribution in [-0.4, -0.2) is 31.7 Å². The van der Waals surface area contributed by atoms with Crippen molar-refractivity contribution in [2.24, 2.45) is 5.92 Å². The van der Waals surface area contributed by atoms with Crippen LogP contribution in [0.4, 0.5) is 0 Å². The summed E-state index contributed by atoms with van der Waals surface area (Å²) in [5.74, 6) is 0.723. The maximum atomic E-state index is 5.21. The molecule has 0 aromatic heterocycles. The van der Waals surface area contributed by atoms with Gasteiger partial charge in [-0.05, 0) is 36.6 Å². The van der Waals surface area contributed by atoms with Gasteiger partial charge in [-0.3, -0.25) is 4.90 Å². The molecule has 2 nitrogen and oxygen atoms in total. The monoisotopic (exact) mass is 283 g/mol. The Kier molecular flexibility index (Phi) is 4.38. The third kappa shape index (κ3) is 3.30. The molecule has 2 rings (SSSR count). The predicted octanol–water partition coefficient (Wildman–Crippen LogP) is 2.92. The molecule has 0 aliphatic carbocycles. The first-order valence-electron chi connectivity index (χ1n) is 5.73. The molecule has 16 heavy (non-hydrogen) atoms. The van der Waals surface area contributed by atoms with E-state index in [0.29, 0.717) is 0 Å². The minimum atomic E-state index is 0.723. The number of likely N-dealkylation sites (tertiary alicyclic amines) is 1. The fourth-order valence-electron chi connectivity index (χ4n) is 2.28. The van der Waals surface area contributed by atoms with E-state index in [9.17, 15) is 0 Å². The van der Waals surface area contributed by atoms with Gasteiger partial charge in [0.2, 0.25) is 0 Å². The fraction of sp³-hybridized carbons (Fsp3) is 0.538. The SMILES string of the molecule is COCC1CCN(Cc2ccc(Br)cc2)C1. The van der Waals surface area contributed by atoms with Crippen molar-refractivity contribution in [3.8, 4) is 0 Å². The number of benzene rings is 1. The van der Waals surface area contributed by atoms with Crippen LogP contribution in [0.5, 0.6) is 0 Å². The van der Waals surface area contributed by atoms with Crippen LogP contribution in [0.15, 0.2) is 28.7 Å². The van der Waals surface area contributed by atoms with Crippen LogP contribution >= 0.6 is 15.9 Å². The first-order valence-corrected chi connectivity index (χ1v) is 6.53. The molecule has 1 aliphatic rings. The Morgan fingerprint density at radius 3 is 2.81 bits per heavy atom. The summed E-state index contributed by atoms with van der Waals surface area (Å²) in [5.41, 5.74) is 1.39. The largest absolute Gasteiger partial charge is 0.384 e. The molecule has 3 heteroatoms. The summed E-state index contributed by atoms with van der Waals surface area (Å²) in [7, 11) is 1.79. The van der Waals surface area contributed by atoms with Crippen molar-refractivity contribution >= 4 is 15.9 Å². The van der Waals surface area contributed by atoms with Crippen LogP contribution in [0.2, 0.25) is 0 Å². The molecular formula is C13H18BrNO. The van der Waals surface area contributed by atoms with Crippen molar-refractivity contribution in [2.45, 2.75) is 13.0 Å². The smallest absolute Gasteiger partial charge is 0.0503 e. The van der Waals surface area contributed by atoms with E-state index >= 15 is 0 Å². The fourth-order valence-corrected chi connectivity index (χ4v) is 2.54. The minimum Gasteiger partial charge on any atom is -0.384 e. The average Bonchev–Trinajstić information content (AvgIpc) is 2.70. The van der Waals surface area contributed by atoms with Gasteiger partial charge in [-0.1, -0.05) is 28.1 Å². The molecule has 0 saturated carbocycles. The van der Waals surface area contributed by atoms with E-state index in [-0.39, 0.29) is 0 Å². The third-order valence-corrected chi connectivity index (χ3v) is 3.62. The number of hydrogen-bond donors (Lipinski definition) is 0. The highest BCUT2D eigenvalue weighted by molar-refractivity contribution is 9.10. The Morgan fingerprint density at radius 2 is 2.12 bits per heavy atom. The number of rotatable bonds is 4.